The van der Waals surface area contributed by atoms with Gasteiger partial charge in [-0.2, -0.15) is 0 Å². The highest BCUT2D eigenvalue weighted by Gasteiger charge is 2.21. The zero-order valence-corrected chi connectivity index (χ0v) is 9.90. The predicted molar refractivity (Wildman–Crippen MR) is 61.2 cm³/mol. The Morgan fingerprint density at radius 2 is 1.84 bits per heavy atom. The van der Waals surface area contributed by atoms with Crippen LogP contribution in [0.25, 0.3) is 0 Å². The lowest BCUT2D eigenvalue weighted by Gasteiger charge is -2.12. The molecule has 0 amide bonds. The number of hydrogen-bond acceptors (Lipinski definition) is 3. The number of hydrogen-bond donors (Lipinski definition) is 1. The van der Waals surface area contributed by atoms with Crippen LogP contribution in [-0.4, -0.2) is 17.2 Å². The first kappa shape index (κ1) is 13.4. The van der Waals surface area contributed by atoms with Crippen LogP contribution in [0.1, 0.15) is 17.4 Å². The van der Waals surface area contributed by atoms with Crippen molar-refractivity contribution < 1.29 is 23.0 Å². The van der Waals surface area contributed by atoms with Gasteiger partial charge < -0.3 is 9.84 Å². The summed E-state index contributed by atoms with van der Waals surface area (Å²) in [4.78, 5) is 3.91. The van der Waals surface area contributed by atoms with E-state index >= 15 is 0 Å². The maximum atomic E-state index is 13.5. The van der Waals surface area contributed by atoms with E-state index in [1.807, 2.05) is 0 Å². The van der Waals surface area contributed by atoms with E-state index in [-0.39, 0.29) is 17.1 Å². The van der Waals surface area contributed by atoms with Gasteiger partial charge in [-0.15, -0.1) is 0 Å². The third kappa shape index (κ3) is 2.53. The number of aliphatic hydroxyl groups is 1. The third-order valence-corrected chi connectivity index (χ3v) is 2.59. The van der Waals surface area contributed by atoms with Gasteiger partial charge in [0.05, 0.1) is 12.8 Å². The van der Waals surface area contributed by atoms with Crippen molar-refractivity contribution in [2.75, 3.05) is 7.11 Å². The van der Waals surface area contributed by atoms with Gasteiger partial charge >= 0.3 is 0 Å². The zero-order chi connectivity index (χ0) is 14.0. The van der Waals surface area contributed by atoms with E-state index in [1.165, 1.54) is 19.2 Å². The quantitative estimate of drug-likeness (QED) is 0.871. The fourth-order valence-corrected chi connectivity index (χ4v) is 1.61. The molecule has 1 atom stereocenters. The van der Waals surface area contributed by atoms with Crippen molar-refractivity contribution in [3.63, 3.8) is 0 Å². The predicted octanol–water partition coefficient (Wildman–Crippen LogP) is 2.59. The molecule has 0 saturated carbocycles. The molecule has 0 fully saturated rings. The molecule has 1 unspecified atom stereocenters. The van der Waals surface area contributed by atoms with Gasteiger partial charge in [-0.1, -0.05) is 6.07 Å². The van der Waals surface area contributed by atoms with E-state index in [0.29, 0.717) is 0 Å². The van der Waals surface area contributed by atoms with Gasteiger partial charge in [0.1, 0.15) is 6.10 Å². The molecule has 0 saturated heterocycles. The van der Waals surface area contributed by atoms with Gasteiger partial charge in [0, 0.05) is 11.6 Å². The second-order valence-corrected chi connectivity index (χ2v) is 3.77. The number of aliphatic hydroxyl groups excluding tert-OH is 1. The Morgan fingerprint density at radius 3 is 2.53 bits per heavy atom. The molecule has 0 aliphatic rings. The third-order valence-electron chi connectivity index (χ3n) is 2.59. The first-order valence-electron chi connectivity index (χ1n) is 5.37. The van der Waals surface area contributed by atoms with Crippen molar-refractivity contribution in [1.29, 1.82) is 0 Å². The summed E-state index contributed by atoms with van der Waals surface area (Å²) < 4.78 is 44.3. The monoisotopic (exact) mass is 269 g/mol. The lowest BCUT2D eigenvalue weighted by molar-refractivity contribution is 0.206. The van der Waals surface area contributed by atoms with E-state index in [1.54, 1.807) is 6.07 Å². The van der Waals surface area contributed by atoms with Crippen LogP contribution in [0.2, 0.25) is 0 Å². The number of rotatable bonds is 3. The van der Waals surface area contributed by atoms with Crippen LogP contribution in [0.4, 0.5) is 13.2 Å². The molecule has 19 heavy (non-hydrogen) atoms. The van der Waals surface area contributed by atoms with Crippen molar-refractivity contribution in [3.05, 3.63) is 59.0 Å². The Hall–Kier alpha value is -2.08. The van der Waals surface area contributed by atoms with Gasteiger partial charge in [-0.05, 0) is 18.2 Å². The number of nitrogens with zero attached hydrogens (tertiary/aromatic N) is 1. The molecule has 1 aromatic carbocycles. The summed E-state index contributed by atoms with van der Waals surface area (Å²) in [5.41, 5.74) is -0.316. The molecule has 100 valence electrons. The molecule has 0 spiro atoms. The smallest absolute Gasteiger partial charge is 0.213 e. The minimum atomic E-state index is -1.63. The van der Waals surface area contributed by atoms with E-state index in [4.69, 9.17) is 4.74 Å². The lowest BCUT2D eigenvalue weighted by atomic mass is 10.0. The van der Waals surface area contributed by atoms with Crippen molar-refractivity contribution in [2.24, 2.45) is 0 Å². The highest BCUT2D eigenvalue weighted by atomic mass is 19.2. The summed E-state index contributed by atoms with van der Waals surface area (Å²) >= 11 is 0. The van der Waals surface area contributed by atoms with Gasteiger partial charge in [0.2, 0.25) is 5.88 Å². The van der Waals surface area contributed by atoms with Crippen molar-refractivity contribution in [1.82, 2.24) is 4.98 Å². The molecular weight excluding hydrogens is 259 g/mol. The number of methoxy groups -OCH3 is 1. The van der Waals surface area contributed by atoms with E-state index < -0.39 is 23.6 Å². The zero-order valence-electron chi connectivity index (χ0n) is 9.90. The molecule has 3 nitrogen and oxygen atoms in total. The molecule has 6 heteroatoms. The second-order valence-electron chi connectivity index (χ2n) is 3.77. The molecule has 0 bridgehead atoms. The molecule has 0 aliphatic carbocycles. The number of halogens is 3. The number of benzene rings is 1. The SMILES string of the molecule is COc1cccc(C(O)c2ccc(F)c(F)c2F)n1. The topological polar surface area (TPSA) is 42.4 Å². The summed E-state index contributed by atoms with van der Waals surface area (Å²) in [5, 5.41) is 9.96. The average molecular weight is 269 g/mol. The van der Waals surface area contributed by atoms with E-state index in [9.17, 15) is 18.3 Å². The van der Waals surface area contributed by atoms with Crippen LogP contribution in [0.5, 0.6) is 5.88 Å². The summed E-state index contributed by atoms with van der Waals surface area (Å²) in [7, 11) is 1.39. The van der Waals surface area contributed by atoms with Crippen LogP contribution in [0.15, 0.2) is 30.3 Å². The lowest BCUT2D eigenvalue weighted by Crippen LogP contribution is -2.07. The largest absolute Gasteiger partial charge is 0.481 e. The molecule has 2 rings (SSSR count). The standard InChI is InChI=1S/C13H10F3NO2/c1-19-10-4-2-3-9(17-10)13(18)7-5-6-8(14)12(16)11(7)15/h2-6,13,18H,1H3. The Morgan fingerprint density at radius 1 is 1.11 bits per heavy atom. The Kier molecular flexibility index (Phi) is 3.71. The summed E-state index contributed by atoms with van der Waals surface area (Å²) in [6, 6.07) is 6.23. The number of pyridine rings is 1. The maximum Gasteiger partial charge on any atom is 0.213 e. The fraction of sp³-hybridized carbons (Fsp3) is 0.154. The minimum Gasteiger partial charge on any atom is -0.481 e. The normalized spacial score (nSPS) is 12.3. The fourth-order valence-electron chi connectivity index (χ4n) is 1.61. The summed E-state index contributed by atoms with van der Waals surface area (Å²) in [6.45, 7) is 0. The van der Waals surface area contributed by atoms with Gasteiger partial charge in [-0.3, -0.25) is 0 Å². The molecule has 1 heterocycles. The van der Waals surface area contributed by atoms with Crippen molar-refractivity contribution in [3.8, 4) is 5.88 Å². The Bertz CT molecular complexity index is 604. The highest BCUT2D eigenvalue weighted by Crippen LogP contribution is 2.26. The highest BCUT2D eigenvalue weighted by molar-refractivity contribution is 5.30. The van der Waals surface area contributed by atoms with Crippen molar-refractivity contribution >= 4 is 0 Å². The van der Waals surface area contributed by atoms with Crippen LogP contribution < -0.4 is 4.74 Å². The second kappa shape index (κ2) is 5.27. The maximum absolute atomic E-state index is 13.5. The van der Waals surface area contributed by atoms with Gasteiger partial charge in [0.15, 0.2) is 17.5 Å². The summed E-state index contributed by atoms with van der Waals surface area (Å²) in [6.07, 6.45) is -1.51. The molecule has 0 radical (unpaired) electrons. The van der Waals surface area contributed by atoms with Gasteiger partial charge in [-0.25, -0.2) is 18.2 Å². The number of ether oxygens (including phenoxy) is 1. The molecule has 0 aliphatic heterocycles. The van der Waals surface area contributed by atoms with Crippen LogP contribution >= 0.6 is 0 Å². The first-order valence-corrected chi connectivity index (χ1v) is 5.37. The van der Waals surface area contributed by atoms with Gasteiger partial charge in [0.25, 0.3) is 0 Å². The summed E-state index contributed by atoms with van der Waals surface area (Å²) in [5.74, 6) is -4.15. The first-order chi connectivity index (χ1) is 9.04. The van der Waals surface area contributed by atoms with Crippen molar-refractivity contribution in [2.45, 2.75) is 6.10 Å². The minimum absolute atomic E-state index is 0.0734. The Labute approximate surface area is 107 Å². The van der Waals surface area contributed by atoms with E-state index in [0.717, 1.165) is 12.1 Å². The number of aromatic nitrogens is 1. The molecular formula is C13H10F3NO2. The average Bonchev–Trinajstić information content (AvgIpc) is 2.44. The van der Waals surface area contributed by atoms with Crippen LogP contribution in [-0.2, 0) is 0 Å². The molecule has 2 aromatic rings. The van der Waals surface area contributed by atoms with E-state index in [2.05, 4.69) is 4.98 Å². The van der Waals surface area contributed by atoms with Crippen LogP contribution in [0.3, 0.4) is 0 Å². The Balaban J connectivity index is 2.44. The molecule has 1 N–H and O–H groups in total. The molecule has 1 aromatic heterocycles. The van der Waals surface area contributed by atoms with Crippen LogP contribution in [0, 0.1) is 17.5 Å².